The quantitative estimate of drug-likeness (QED) is 0.851. The van der Waals surface area contributed by atoms with Crippen LogP contribution in [0.2, 0.25) is 0 Å². The summed E-state index contributed by atoms with van der Waals surface area (Å²) in [7, 11) is 1.84. The highest BCUT2D eigenvalue weighted by Gasteiger charge is 2.25. The third-order valence-electron chi connectivity index (χ3n) is 3.85. The van der Waals surface area contributed by atoms with Gasteiger partial charge in [0.25, 0.3) is 0 Å². The summed E-state index contributed by atoms with van der Waals surface area (Å²) in [6.45, 7) is 1.69. The summed E-state index contributed by atoms with van der Waals surface area (Å²) in [5.41, 5.74) is 0.313. The normalized spacial score (nSPS) is 16.9. The Morgan fingerprint density at radius 2 is 2.26 bits per heavy atom. The van der Waals surface area contributed by atoms with Crippen molar-refractivity contribution in [1.82, 2.24) is 19.9 Å². The van der Waals surface area contributed by atoms with Crippen molar-refractivity contribution in [3.8, 4) is 6.07 Å². The van der Waals surface area contributed by atoms with Crippen LogP contribution in [0.5, 0.6) is 0 Å². The molecule has 23 heavy (non-hydrogen) atoms. The van der Waals surface area contributed by atoms with Crippen LogP contribution < -0.4 is 15.5 Å². The number of rotatable bonds is 5. The van der Waals surface area contributed by atoms with Gasteiger partial charge in [-0.1, -0.05) is 0 Å². The first-order chi connectivity index (χ1) is 11.3. The first-order valence-corrected chi connectivity index (χ1v) is 7.52. The van der Waals surface area contributed by atoms with E-state index in [0.29, 0.717) is 17.6 Å². The molecule has 1 aliphatic rings. The van der Waals surface area contributed by atoms with E-state index in [1.54, 1.807) is 12.5 Å². The number of anilines is 3. The predicted octanol–water partition coefficient (Wildman–Crippen LogP) is 1.26. The van der Waals surface area contributed by atoms with Crippen molar-refractivity contribution in [2.75, 3.05) is 35.7 Å². The summed E-state index contributed by atoms with van der Waals surface area (Å²) in [5, 5.41) is 15.2. The van der Waals surface area contributed by atoms with Crippen LogP contribution in [-0.2, 0) is 0 Å². The molecule has 0 aliphatic carbocycles. The molecule has 118 valence electrons. The fourth-order valence-corrected chi connectivity index (χ4v) is 2.72. The molecule has 0 saturated carbocycles. The first kappa shape index (κ1) is 15.0. The Kier molecular flexibility index (Phi) is 4.47. The van der Waals surface area contributed by atoms with Crippen LogP contribution in [0.25, 0.3) is 0 Å². The van der Waals surface area contributed by atoms with Gasteiger partial charge in [-0.25, -0.2) is 15.0 Å². The molecule has 3 heterocycles. The van der Waals surface area contributed by atoms with E-state index in [1.165, 1.54) is 6.20 Å². The molecule has 2 aromatic heterocycles. The highest BCUT2D eigenvalue weighted by Crippen LogP contribution is 2.25. The largest absolute Gasteiger partial charge is 0.373 e. The molecule has 0 spiro atoms. The van der Waals surface area contributed by atoms with Gasteiger partial charge < -0.3 is 15.5 Å². The van der Waals surface area contributed by atoms with Crippen molar-refractivity contribution in [2.45, 2.75) is 18.9 Å². The van der Waals surface area contributed by atoms with Crippen molar-refractivity contribution in [3.63, 3.8) is 0 Å². The Bertz CT molecular complexity index is 711. The molecule has 8 nitrogen and oxygen atoms in total. The summed E-state index contributed by atoms with van der Waals surface area (Å²) < 4.78 is 0. The van der Waals surface area contributed by atoms with Crippen LogP contribution in [-0.4, -0.2) is 46.1 Å². The fourth-order valence-electron chi connectivity index (χ4n) is 2.72. The van der Waals surface area contributed by atoms with Gasteiger partial charge in [-0.15, -0.1) is 0 Å². The summed E-state index contributed by atoms with van der Waals surface area (Å²) >= 11 is 0. The highest BCUT2D eigenvalue weighted by molar-refractivity contribution is 5.50. The fraction of sp³-hybridized carbons (Fsp3) is 0.400. The van der Waals surface area contributed by atoms with Crippen LogP contribution in [0.4, 0.5) is 17.5 Å². The highest BCUT2D eigenvalue weighted by atomic mass is 15.3. The van der Waals surface area contributed by atoms with E-state index in [0.717, 1.165) is 37.6 Å². The molecular formula is C15H18N8. The Labute approximate surface area is 134 Å². The van der Waals surface area contributed by atoms with E-state index in [-0.39, 0.29) is 0 Å². The van der Waals surface area contributed by atoms with Crippen LogP contribution >= 0.6 is 0 Å². The van der Waals surface area contributed by atoms with Gasteiger partial charge in [0, 0.05) is 32.2 Å². The molecule has 8 heteroatoms. The molecule has 1 aliphatic heterocycles. The van der Waals surface area contributed by atoms with Gasteiger partial charge >= 0.3 is 0 Å². The monoisotopic (exact) mass is 310 g/mol. The Morgan fingerprint density at radius 1 is 1.35 bits per heavy atom. The predicted molar refractivity (Wildman–Crippen MR) is 87.2 cm³/mol. The number of nitrogens with one attached hydrogen (secondary N) is 2. The number of nitrogens with zero attached hydrogens (tertiary/aromatic N) is 6. The second kappa shape index (κ2) is 6.87. The lowest BCUT2D eigenvalue weighted by Gasteiger charge is -2.26. The van der Waals surface area contributed by atoms with Crippen molar-refractivity contribution in [1.29, 1.82) is 5.26 Å². The maximum Gasteiger partial charge on any atom is 0.161 e. The Morgan fingerprint density at radius 3 is 3.09 bits per heavy atom. The molecule has 0 amide bonds. The van der Waals surface area contributed by atoms with Crippen molar-refractivity contribution in [2.24, 2.45) is 0 Å². The van der Waals surface area contributed by atoms with Crippen LogP contribution in [0.3, 0.4) is 0 Å². The van der Waals surface area contributed by atoms with Crippen molar-refractivity contribution >= 4 is 17.5 Å². The third-order valence-corrected chi connectivity index (χ3v) is 3.85. The van der Waals surface area contributed by atoms with E-state index in [4.69, 9.17) is 5.26 Å². The lowest BCUT2D eigenvalue weighted by molar-refractivity contribution is 0.688. The van der Waals surface area contributed by atoms with Crippen LogP contribution in [0.1, 0.15) is 18.5 Å². The van der Waals surface area contributed by atoms with Gasteiger partial charge in [0.05, 0.1) is 12.4 Å². The molecule has 3 rings (SSSR count). The molecule has 2 N–H and O–H groups in total. The summed E-state index contributed by atoms with van der Waals surface area (Å²) in [6.07, 6.45) is 6.86. The maximum absolute atomic E-state index is 8.87. The van der Waals surface area contributed by atoms with Crippen LogP contribution in [0.15, 0.2) is 24.8 Å². The van der Waals surface area contributed by atoms with E-state index in [9.17, 15) is 0 Å². The van der Waals surface area contributed by atoms with E-state index >= 15 is 0 Å². The average molecular weight is 310 g/mol. The van der Waals surface area contributed by atoms with Gasteiger partial charge in [0.15, 0.2) is 5.69 Å². The number of aromatic nitrogens is 4. The van der Waals surface area contributed by atoms with Gasteiger partial charge in [-0.2, -0.15) is 5.26 Å². The summed E-state index contributed by atoms with van der Waals surface area (Å²) in [5.74, 6) is 2.35. The summed E-state index contributed by atoms with van der Waals surface area (Å²) in [6, 6.07) is 4.27. The SMILES string of the molecule is CNc1cc(N2CCCC2CNc2cncc(C#N)n2)ncn1. The third kappa shape index (κ3) is 3.45. The zero-order valence-electron chi connectivity index (χ0n) is 12.9. The van der Waals surface area contributed by atoms with E-state index in [1.807, 2.05) is 19.2 Å². The Balaban J connectivity index is 1.68. The molecule has 0 radical (unpaired) electrons. The van der Waals surface area contributed by atoms with Crippen molar-refractivity contribution < 1.29 is 0 Å². The molecule has 1 saturated heterocycles. The molecular weight excluding hydrogens is 292 g/mol. The zero-order chi connectivity index (χ0) is 16.1. The van der Waals surface area contributed by atoms with Gasteiger partial charge in [-0.3, -0.25) is 4.98 Å². The second-order valence-electron chi connectivity index (χ2n) is 5.28. The minimum atomic E-state index is 0.313. The van der Waals surface area contributed by atoms with Crippen LogP contribution in [0, 0.1) is 11.3 Å². The van der Waals surface area contributed by atoms with E-state index in [2.05, 4.69) is 35.5 Å². The molecule has 1 atom stereocenters. The minimum Gasteiger partial charge on any atom is -0.373 e. The number of hydrogen-bond acceptors (Lipinski definition) is 8. The standard InChI is InChI=1S/C15H18N8/c1-17-13-5-15(21-10-20-13)23-4-2-3-12(23)8-19-14-9-18-7-11(6-16)22-14/h5,7,9-10,12H,2-4,8H2,1H3,(H,19,22)(H,17,20,21). The average Bonchev–Trinajstić information content (AvgIpc) is 3.09. The topological polar surface area (TPSA) is 103 Å². The maximum atomic E-state index is 8.87. The van der Waals surface area contributed by atoms with Gasteiger partial charge in [0.2, 0.25) is 0 Å². The van der Waals surface area contributed by atoms with E-state index < -0.39 is 0 Å². The second-order valence-corrected chi connectivity index (χ2v) is 5.28. The molecule has 2 aromatic rings. The number of nitriles is 1. The zero-order valence-corrected chi connectivity index (χ0v) is 12.9. The molecule has 0 bridgehead atoms. The summed E-state index contributed by atoms with van der Waals surface area (Å²) in [4.78, 5) is 19.0. The first-order valence-electron chi connectivity index (χ1n) is 7.52. The molecule has 1 unspecified atom stereocenters. The minimum absolute atomic E-state index is 0.313. The lowest BCUT2D eigenvalue weighted by Crippen LogP contribution is -2.35. The lowest BCUT2D eigenvalue weighted by atomic mass is 10.2. The Hall–Kier alpha value is -2.95. The smallest absolute Gasteiger partial charge is 0.161 e. The molecule has 1 fully saturated rings. The van der Waals surface area contributed by atoms with Gasteiger partial charge in [-0.05, 0) is 12.8 Å². The van der Waals surface area contributed by atoms with Crippen molar-refractivity contribution in [3.05, 3.63) is 30.5 Å². The number of hydrogen-bond donors (Lipinski definition) is 2. The molecule has 0 aromatic carbocycles. The van der Waals surface area contributed by atoms with Gasteiger partial charge in [0.1, 0.15) is 29.9 Å².